The average molecular weight is 381 g/mol. The molecule has 0 aliphatic rings. The fourth-order valence-electron chi connectivity index (χ4n) is 2.04. The number of anilines is 2. The molecule has 11 heteroatoms. The van der Waals surface area contributed by atoms with Crippen LogP contribution < -0.4 is 15.4 Å². The Morgan fingerprint density at radius 2 is 1.88 bits per heavy atom. The number of carbonyl (C=O) groups excluding carboxylic acids is 1. The number of nitro groups is 2. The molecule has 0 bridgehead atoms. The van der Waals surface area contributed by atoms with E-state index in [1.807, 2.05) is 0 Å². The van der Waals surface area contributed by atoms with Crippen LogP contribution in [-0.2, 0) is 4.79 Å². The van der Waals surface area contributed by atoms with Crippen LogP contribution in [0.15, 0.2) is 36.4 Å². The van der Waals surface area contributed by atoms with E-state index in [9.17, 15) is 25.0 Å². The molecule has 136 valence electrons. The third kappa shape index (κ3) is 4.57. The summed E-state index contributed by atoms with van der Waals surface area (Å²) in [4.78, 5) is 32.4. The van der Waals surface area contributed by atoms with Gasteiger partial charge in [-0.1, -0.05) is 11.6 Å². The van der Waals surface area contributed by atoms with Crippen molar-refractivity contribution in [3.63, 3.8) is 0 Å². The van der Waals surface area contributed by atoms with Crippen molar-refractivity contribution in [3.05, 3.63) is 61.6 Å². The molecular weight excluding hydrogens is 368 g/mol. The molecule has 10 nitrogen and oxygen atoms in total. The summed E-state index contributed by atoms with van der Waals surface area (Å²) >= 11 is 5.72. The fourth-order valence-corrected chi connectivity index (χ4v) is 2.22. The van der Waals surface area contributed by atoms with Crippen molar-refractivity contribution in [2.75, 3.05) is 24.3 Å². The molecule has 0 unspecified atom stereocenters. The molecule has 0 saturated heterocycles. The van der Waals surface area contributed by atoms with Crippen LogP contribution in [0.2, 0.25) is 5.02 Å². The summed E-state index contributed by atoms with van der Waals surface area (Å²) in [7, 11) is 1.32. The maximum absolute atomic E-state index is 12.0. The molecular formula is C15H13ClN4O6. The van der Waals surface area contributed by atoms with E-state index in [4.69, 9.17) is 16.3 Å². The Morgan fingerprint density at radius 1 is 1.15 bits per heavy atom. The van der Waals surface area contributed by atoms with E-state index < -0.39 is 15.8 Å². The lowest BCUT2D eigenvalue weighted by Gasteiger charge is -2.11. The van der Waals surface area contributed by atoms with Crippen molar-refractivity contribution in [3.8, 4) is 5.75 Å². The number of non-ortho nitro benzene ring substituents is 1. The summed E-state index contributed by atoms with van der Waals surface area (Å²) in [6, 6.07) is 7.82. The zero-order valence-corrected chi connectivity index (χ0v) is 14.1. The Bertz CT molecular complexity index is 873. The fraction of sp³-hybridized carbons (Fsp3) is 0.133. The first kappa shape index (κ1) is 18.9. The van der Waals surface area contributed by atoms with Crippen molar-refractivity contribution in [1.29, 1.82) is 0 Å². The third-order valence-electron chi connectivity index (χ3n) is 3.27. The summed E-state index contributed by atoms with van der Waals surface area (Å²) < 4.78 is 5.03. The van der Waals surface area contributed by atoms with Crippen LogP contribution in [0.5, 0.6) is 5.75 Å². The van der Waals surface area contributed by atoms with Gasteiger partial charge in [0.15, 0.2) is 0 Å². The monoisotopic (exact) mass is 380 g/mol. The normalized spacial score (nSPS) is 10.1. The van der Waals surface area contributed by atoms with Gasteiger partial charge in [-0.05, 0) is 18.2 Å². The zero-order valence-electron chi connectivity index (χ0n) is 13.4. The van der Waals surface area contributed by atoms with E-state index in [0.29, 0.717) is 5.69 Å². The predicted octanol–water partition coefficient (Wildman–Crippen LogP) is 3.22. The second-order valence-electron chi connectivity index (χ2n) is 4.97. The molecule has 0 radical (unpaired) electrons. The van der Waals surface area contributed by atoms with Crippen LogP contribution in [-0.4, -0.2) is 29.4 Å². The molecule has 1 amide bonds. The van der Waals surface area contributed by atoms with E-state index in [1.54, 1.807) is 0 Å². The maximum Gasteiger partial charge on any atom is 0.289 e. The smallest absolute Gasteiger partial charge is 0.289 e. The van der Waals surface area contributed by atoms with Gasteiger partial charge in [-0.15, -0.1) is 0 Å². The number of ether oxygens (including phenoxy) is 1. The highest BCUT2D eigenvalue weighted by Gasteiger charge is 2.15. The average Bonchev–Trinajstić information content (AvgIpc) is 2.60. The predicted molar refractivity (Wildman–Crippen MR) is 94.9 cm³/mol. The van der Waals surface area contributed by atoms with Crippen molar-refractivity contribution in [1.82, 2.24) is 0 Å². The molecule has 0 fully saturated rings. The van der Waals surface area contributed by atoms with Crippen LogP contribution in [0, 0.1) is 20.2 Å². The van der Waals surface area contributed by atoms with Gasteiger partial charge in [0.2, 0.25) is 5.91 Å². The molecule has 2 N–H and O–H groups in total. The van der Waals surface area contributed by atoms with Gasteiger partial charge in [0.25, 0.3) is 11.4 Å². The number of halogens is 1. The molecule has 0 spiro atoms. The lowest BCUT2D eigenvalue weighted by Crippen LogP contribution is -2.22. The van der Waals surface area contributed by atoms with Gasteiger partial charge in [-0.3, -0.25) is 25.0 Å². The highest BCUT2D eigenvalue weighted by molar-refractivity contribution is 6.32. The van der Waals surface area contributed by atoms with Gasteiger partial charge in [0.1, 0.15) is 10.8 Å². The molecule has 0 aliphatic carbocycles. The minimum absolute atomic E-state index is 0.0133. The molecule has 0 aliphatic heterocycles. The van der Waals surface area contributed by atoms with E-state index >= 15 is 0 Å². The molecule has 2 rings (SSSR count). The molecule has 2 aromatic rings. The van der Waals surface area contributed by atoms with Crippen LogP contribution in [0.25, 0.3) is 0 Å². The standard InChI is InChI=1S/C15H13ClN4O6/c1-26-14-7-10(19(22)23)3-5-12(14)18-15(21)8-17-9-2-4-11(16)13(6-9)20(24)25/h2-7,17H,8H2,1H3,(H,18,21). The Labute approximate surface area is 152 Å². The molecule has 0 heterocycles. The Kier molecular flexibility index (Phi) is 5.91. The summed E-state index contributed by atoms with van der Waals surface area (Å²) in [6.07, 6.45) is 0. The number of hydrogen-bond acceptors (Lipinski definition) is 7. The molecule has 26 heavy (non-hydrogen) atoms. The van der Waals surface area contributed by atoms with Gasteiger partial charge in [0.05, 0.1) is 35.3 Å². The van der Waals surface area contributed by atoms with Crippen LogP contribution in [0.3, 0.4) is 0 Å². The lowest BCUT2D eigenvalue weighted by atomic mass is 10.2. The number of rotatable bonds is 7. The second kappa shape index (κ2) is 8.12. The first-order valence-electron chi connectivity index (χ1n) is 7.12. The maximum atomic E-state index is 12.0. The Morgan fingerprint density at radius 3 is 2.50 bits per heavy atom. The van der Waals surface area contributed by atoms with Gasteiger partial charge in [-0.25, -0.2) is 0 Å². The number of nitrogens with one attached hydrogen (secondary N) is 2. The quantitative estimate of drug-likeness (QED) is 0.555. The largest absolute Gasteiger partial charge is 0.494 e. The molecule has 0 aromatic heterocycles. The van der Waals surface area contributed by atoms with Gasteiger partial charge in [-0.2, -0.15) is 0 Å². The number of nitro benzene ring substituents is 2. The summed E-state index contributed by atoms with van der Waals surface area (Å²) in [5.74, 6) is -0.343. The Balaban J connectivity index is 2.04. The highest BCUT2D eigenvalue weighted by Crippen LogP contribution is 2.29. The SMILES string of the molecule is COc1cc([N+](=O)[O-])ccc1NC(=O)CNc1ccc(Cl)c([N+](=O)[O-])c1. The number of benzene rings is 2. The van der Waals surface area contributed by atoms with E-state index in [1.165, 1.54) is 43.5 Å². The van der Waals surface area contributed by atoms with Crippen molar-refractivity contribution >= 4 is 40.3 Å². The number of methoxy groups -OCH3 is 1. The topological polar surface area (TPSA) is 137 Å². The van der Waals surface area contributed by atoms with Crippen LogP contribution in [0.4, 0.5) is 22.7 Å². The minimum atomic E-state index is -0.630. The first-order valence-corrected chi connectivity index (χ1v) is 7.49. The van der Waals surface area contributed by atoms with Gasteiger partial charge >= 0.3 is 0 Å². The highest BCUT2D eigenvalue weighted by atomic mass is 35.5. The summed E-state index contributed by atoms with van der Waals surface area (Å²) in [5, 5.41) is 26.9. The Hall–Kier alpha value is -3.40. The van der Waals surface area contributed by atoms with Gasteiger partial charge in [0, 0.05) is 17.8 Å². The van der Waals surface area contributed by atoms with Crippen LogP contribution >= 0.6 is 11.6 Å². The number of amides is 1. The van der Waals surface area contributed by atoms with E-state index in [-0.39, 0.29) is 34.4 Å². The van der Waals surface area contributed by atoms with E-state index in [0.717, 1.165) is 0 Å². The number of hydrogen-bond donors (Lipinski definition) is 2. The number of carbonyl (C=O) groups is 1. The summed E-state index contributed by atoms with van der Waals surface area (Å²) in [6.45, 7) is -0.196. The third-order valence-corrected chi connectivity index (χ3v) is 3.59. The zero-order chi connectivity index (χ0) is 19.3. The van der Waals surface area contributed by atoms with E-state index in [2.05, 4.69) is 10.6 Å². The van der Waals surface area contributed by atoms with Crippen molar-refractivity contribution < 1.29 is 19.4 Å². The number of nitrogens with zero attached hydrogens (tertiary/aromatic N) is 2. The molecule has 0 saturated carbocycles. The lowest BCUT2D eigenvalue weighted by molar-refractivity contribution is -0.385. The first-order chi connectivity index (χ1) is 12.3. The summed E-state index contributed by atoms with van der Waals surface area (Å²) in [5.41, 5.74) is 0.138. The minimum Gasteiger partial charge on any atom is -0.494 e. The van der Waals surface area contributed by atoms with Crippen molar-refractivity contribution in [2.45, 2.75) is 0 Å². The van der Waals surface area contributed by atoms with Crippen molar-refractivity contribution in [2.24, 2.45) is 0 Å². The van der Waals surface area contributed by atoms with Gasteiger partial charge < -0.3 is 15.4 Å². The second-order valence-corrected chi connectivity index (χ2v) is 5.37. The van der Waals surface area contributed by atoms with Crippen LogP contribution in [0.1, 0.15) is 0 Å². The molecule has 2 aromatic carbocycles. The molecule has 0 atom stereocenters.